The van der Waals surface area contributed by atoms with E-state index in [-0.39, 0.29) is 18.8 Å². The van der Waals surface area contributed by atoms with Crippen molar-refractivity contribution < 1.29 is 9.53 Å². The average Bonchev–Trinajstić information content (AvgIpc) is 2.99. The van der Waals surface area contributed by atoms with Crippen LogP contribution in [0.3, 0.4) is 0 Å². The number of para-hydroxylation sites is 1. The maximum atomic E-state index is 12.4. The molecule has 0 bridgehead atoms. The number of Topliss-reactive ketones (excluding diaryl/α,β-unsaturated/α-hetero) is 1. The molecule has 0 aliphatic heterocycles. The van der Waals surface area contributed by atoms with Gasteiger partial charge in [-0.05, 0) is 36.8 Å². The van der Waals surface area contributed by atoms with Gasteiger partial charge in [-0.15, -0.1) is 11.3 Å². The SMILES string of the molecule is Cc1cccc(OCCC(=O)[C@H](C#N)c2nc3ccccc3s2)c1. The molecule has 1 atom stereocenters. The highest BCUT2D eigenvalue weighted by atomic mass is 32.1. The lowest BCUT2D eigenvalue weighted by Gasteiger charge is -2.08. The fraction of sp³-hybridized carbons (Fsp3) is 0.211. The monoisotopic (exact) mass is 336 g/mol. The van der Waals surface area contributed by atoms with Crippen LogP contribution in [-0.4, -0.2) is 17.4 Å². The molecular weight excluding hydrogens is 320 g/mol. The molecule has 2 aromatic carbocycles. The van der Waals surface area contributed by atoms with Crippen LogP contribution < -0.4 is 4.74 Å². The summed E-state index contributed by atoms with van der Waals surface area (Å²) in [6.45, 7) is 2.24. The maximum Gasteiger partial charge on any atom is 0.160 e. The Labute approximate surface area is 144 Å². The molecule has 5 heteroatoms. The number of hydrogen-bond acceptors (Lipinski definition) is 5. The molecule has 24 heavy (non-hydrogen) atoms. The van der Waals surface area contributed by atoms with Crippen molar-refractivity contribution in [2.45, 2.75) is 19.3 Å². The molecular formula is C19H16N2O2S. The Bertz CT molecular complexity index is 878. The van der Waals surface area contributed by atoms with Crippen molar-refractivity contribution in [3.8, 4) is 11.8 Å². The second-order valence-corrected chi connectivity index (χ2v) is 6.53. The Hall–Kier alpha value is -2.71. The molecule has 0 unspecified atom stereocenters. The number of aryl methyl sites for hydroxylation is 1. The first-order valence-corrected chi connectivity index (χ1v) is 8.46. The minimum absolute atomic E-state index is 0.163. The van der Waals surface area contributed by atoms with Crippen molar-refractivity contribution in [2.24, 2.45) is 0 Å². The van der Waals surface area contributed by atoms with E-state index in [1.807, 2.05) is 55.5 Å². The first kappa shape index (κ1) is 16.2. The van der Waals surface area contributed by atoms with Gasteiger partial charge in [-0.25, -0.2) is 4.98 Å². The molecule has 0 radical (unpaired) electrons. The van der Waals surface area contributed by atoms with Crippen molar-refractivity contribution in [1.29, 1.82) is 5.26 Å². The lowest BCUT2D eigenvalue weighted by molar-refractivity contribution is -0.119. The number of thiazole rings is 1. The summed E-state index contributed by atoms with van der Waals surface area (Å²) < 4.78 is 6.58. The van der Waals surface area contributed by atoms with Crippen LogP contribution in [0.4, 0.5) is 0 Å². The van der Waals surface area contributed by atoms with Crippen LogP contribution in [0.1, 0.15) is 22.9 Å². The third-order valence-corrected chi connectivity index (χ3v) is 4.72. The van der Waals surface area contributed by atoms with Gasteiger partial charge in [0.05, 0.1) is 22.9 Å². The van der Waals surface area contributed by atoms with Gasteiger partial charge in [0.1, 0.15) is 10.8 Å². The van der Waals surface area contributed by atoms with E-state index in [1.54, 1.807) is 0 Å². The van der Waals surface area contributed by atoms with E-state index >= 15 is 0 Å². The van der Waals surface area contributed by atoms with Crippen LogP contribution in [0.25, 0.3) is 10.2 Å². The number of carbonyl (C=O) groups is 1. The van der Waals surface area contributed by atoms with Gasteiger partial charge < -0.3 is 4.74 Å². The fourth-order valence-corrected chi connectivity index (χ4v) is 3.43. The first-order chi connectivity index (χ1) is 11.7. The standard InChI is InChI=1S/C19H16N2O2S/c1-13-5-4-6-14(11-13)23-10-9-17(22)15(12-20)19-21-16-7-2-3-8-18(16)24-19/h2-8,11,15H,9-10H2,1H3/t15-/m0/s1. The molecule has 0 N–H and O–H groups in total. The first-order valence-electron chi connectivity index (χ1n) is 7.64. The molecule has 4 nitrogen and oxygen atoms in total. The van der Waals surface area contributed by atoms with E-state index in [0.717, 1.165) is 21.5 Å². The summed E-state index contributed by atoms with van der Waals surface area (Å²) in [6.07, 6.45) is 0.183. The zero-order valence-electron chi connectivity index (χ0n) is 13.2. The largest absolute Gasteiger partial charge is 0.493 e. The summed E-state index contributed by atoms with van der Waals surface area (Å²) in [5.41, 5.74) is 1.92. The van der Waals surface area contributed by atoms with Crippen LogP contribution in [0.5, 0.6) is 5.75 Å². The van der Waals surface area contributed by atoms with E-state index in [0.29, 0.717) is 5.01 Å². The summed E-state index contributed by atoms with van der Waals surface area (Å²) in [7, 11) is 0. The molecule has 0 saturated heterocycles. The smallest absolute Gasteiger partial charge is 0.160 e. The molecule has 3 rings (SSSR count). The number of rotatable bonds is 6. The van der Waals surface area contributed by atoms with E-state index in [9.17, 15) is 10.1 Å². The predicted octanol–water partition coefficient (Wildman–Crippen LogP) is 4.25. The van der Waals surface area contributed by atoms with Gasteiger partial charge in [-0.1, -0.05) is 24.3 Å². The highest BCUT2D eigenvalue weighted by Gasteiger charge is 2.23. The lowest BCUT2D eigenvalue weighted by Crippen LogP contribution is -2.14. The Morgan fingerprint density at radius 2 is 2.12 bits per heavy atom. The number of nitriles is 1. The van der Waals surface area contributed by atoms with Crippen LogP contribution in [-0.2, 0) is 4.79 Å². The topological polar surface area (TPSA) is 63.0 Å². The molecule has 0 fully saturated rings. The molecule has 1 heterocycles. The van der Waals surface area contributed by atoms with E-state index < -0.39 is 5.92 Å². The predicted molar refractivity (Wildman–Crippen MR) is 94.3 cm³/mol. The highest BCUT2D eigenvalue weighted by Crippen LogP contribution is 2.28. The number of aromatic nitrogens is 1. The minimum atomic E-state index is -0.830. The molecule has 120 valence electrons. The Morgan fingerprint density at radius 3 is 2.88 bits per heavy atom. The third-order valence-electron chi connectivity index (χ3n) is 3.62. The third kappa shape index (κ3) is 3.61. The number of benzene rings is 2. The zero-order valence-corrected chi connectivity index (χ0v) is 14.0. The summed E-state index contributed by atoms with van der Waals surface area (Å²) in [6, 6.07) is 17.4. The molecule has 0 aliphatic carbocycles. The highest BCUT2D eigenvalue weighted by molar-refractivity contribution is 7.18. The summed E-state index contributed by atoms with van der Waals surface area (Å²) >= 11 is 1.39. The average molecular weight is 336 g/mol. The normalized spacial score (nSPS) is 11.8. The Kier molecular flexibility index (Phi) is 4.88. The summed E-state index contributed by atoms with van der Waals surface area (Å²) in [5.74, 6) is -0.260. The molecule has 0 aliphatic rings. The van der Waals surface area contributed by atoms with Crippen molar-refractivity contribution in [2.75, 3.05) is 6.61 Å². The number of ether oxygens (including phenoxy) is 1. The second-order valence-electron chi connectivity index (χ2n) is 5.46. The van der Waals surface area contributed by atoms with Gasteiger partial charge >= 0.3 is 0 Å². The van der Waals surface area contributed by atoms with Crippen molar-refractivity contribution >= 4 is 27.3 Å². The van der Waals surface area contributed by atoms with E-state index in [1.165, 1.54) is 11.3 Å². The fourth-order valence-electron chi connectivity index (χ4n) is 2.40. The van der Waals surface area contributed by atoms with Crippen molar-refractivity contribution in [3.05, 3.63) is 59.1 Å². The molecule has 0 spiro atoms. The Balaban J connectivity index is 1.65. The van der Waals surface area contributed by atoms with Gasteiger partial charge in [0.25, 0.3) is 0 Å². The molecule has 0 amide bonds. The van der Waals surface area contributed by atoms with Crippen LogP contribution >= 0.6 is 11.3 Å². The van der Waals surface area contributed by atoms with Gasteiger partial charge in [0.2, 0.25) is 0 Å². The summed E-state index contributed by atoms with van der Waals surface area (Å²) in [5, 5.41) is 9.94. The number of fused-ring (bicyclic) bond motifs is 1. The lowest BCUT2D eigenvalue weighted by atomic mass is 10.0. The summed E-state index contributed by atoms with van der Waals surface area (Å²) in [4.78, 5) is 16.8. The quantitative estimate of drug-likeness (QED) is 0.675. The van der Waals surface area contributed by atoms with Crippen molar-refractivity contribution in [3.63, 3.8) is 0 Å². The number of hydrogen-bond donors (Lipinski definition) is 0. The number of nitrogens with zero attached hydrogens (tertiary/aromatic N) is 2. The zero-order chi connectivity index (χ0) is 16.9. The van der Waals surface area contributed by atoms with Gasteiger partial charge in [-0.3, -0.25) is 4.79 Å². The maximum absolute atomic E-state index is 12.4. The van der Waals surface area contributed by atoms with Gasteiger partial charge in [0, 0.05) is 6.42 Å². The van der Waals surface area contributed by atoms with Gasteiger partial charge in [-0.2, -0.15) is 5.26 Å². The Morgan fingerprint density at radius 1 is 1.29 bits per heavy atom. The van der Waals surface area contributed by atoms with Crippen LogP contribution in [0.2, 0.25) is 0 Å². The molecule has 0 saturated carbocycles. The van der Waals surface area contributed by atoms with Crippen LogP contribution in [0.15, 0.2) is 48.5 Å². The van der Waals surface area contributed by atoms with E-state index in [2.05, 4.69) is 11.1 Å². The van der Waals surface area contributed by atoms with Crippen molar-refractivity contribution in [1.82, 2.24) is 4.98 Å². The molecule has 1 aromatic heterocycles. The molecule has 3 aromatic rings. The second kappa shape index (κ2) is 7.24. The number of ketones is 1. The number of carbonyl (C=O) groups excluding carboxylic acids is 1. The minimum Gasteiger partial charge on any atom is -0.493 e. The van der Waals surface area contributed by atoms with Gasteiger partial charge in [0.15, 0.2) is 11.7 Å². The van der Waals surface area contributed by atoms with Crippen LogP contribution in [0, 0.1) is 18.3 Å². The van der Waals surface area contributed by atoms with E-state index in [4.69, 9.17) is 4.74 Å².